The van der Waals surface area contributed by atoms with Crippen molar-refractivity contribution in [3.63, 3.8) is 0 Å². The van der Waals surface area contributed by atoms with Crippen molar-refractivity contribution in [2.45, 2.75) is 69.4 Å². The maximum Gasteiger partial charge on any atom is 0.255 e. The molecule has 0 bridgehead atoms. The first-order valence-electron chi connectivity index (χ1n) is 14.5. The van der Waals surface area contributed by atoms with Gasteiger partial charge in [-0.15, -0.1) is 0 Å². The van der Waals surface area contributed by atoms with Gasteiger partial charge in [0.05, 0.1) is 23.3 Å². The number of aliphatic hydroxyl groups is 1. The minimum absolute atomic E-state index is 0.0258. The van der Waals surface area contributed by atoms with Gasteiger partial charge in [-0.1, -0.05) is 25.1 Å². The second kappa shape index (κ2) is 13.4. The van der Waals surface area contributed by atoms with Crippen LogP contribution in [0.25, 0.3) is 0 Å². The summed E-state index contributed by atoms with van der Waals surface area (Å²) in [4.78, 5) is 32.6. The van der Waals surface area contributed by atoms with Crippen molar-refractivity contribution in [2.24, 2.45) is 0 Å². The molecule has 1 aromatic heterocycles. The molecular formula is C32H36F2N4O4. The van der Waals surface area contributed by atoms with E-state index in [1.807, 2.05) is 42.2 Å². The van der Waals surface area contributed by atoms with Crippen molar-refractivity contribution >= 4 is 11.8 Å². The number of halogens is 2. The van der Waals surface area contributed by atoms with Gasteiger partial charge in [-0.3, -0.25) is 14.6 Å². The number of aromatic nitrogens is 1. The Labute approximate surface area is 244 Å². The lowest BCUT2D eigenvalue weighted by atomic mass is 9.94. The van der Waals surface area contributed by atoms with Gasteiger partial charge in [0.25, 0.3) is 11.8 Å². The van der Waals surface area contributed by atoms with Gasteiger partial charge < -0.3 is 25.4 Å². The Hall–Kier alpha value is -3.89. The largest absolute Gasteiger partial charge is 0.489 e. The number of pyridine rings is 1. The van der Waals surface area contributed by atoms with E-state index in [9.17, 15) is 23.5 Å². The van der Waals surface area contributed by atoms with Crippen LogP contribution in [0.15, 0.2) is 67.0 Å². The van der Waals surface area contributed by atoms with Crippen LogP contribution in [-0.2, 0) is 6.42 Å². The average Bonchev–Trinajstić information content (AvgIpc) is 3.66. The Morgan fingerprint density at radius 3 is 2.60 bits per heavy atom. The normalized spacial score (nSPS) is 21.6. The summed E-state index contributed by atoms with van der Waals surface area (Å²) in [6, 6.07) is 12.8. The van der Waals surface area contributed by atoms with Gasteiger partial charge in [-0.25, -0.2) is 8.78 Å². The molecule has 2 amide bonds. The zero-order valence-electron chi connectivity index (χ0n) is 23.5. The van der Waals surface area contributed by atoms with E-state index in [0.717, 1.165) is 25.3 Å². The molecule has 2 aromatic carbocycles. The lowest BCUT2D eigenvalue weighted by Gasteiger charge is -2.29. The molecule has 42 heavy (non-hydrogen) atoms. The fourth-order valence-corrected chi connectivity index (χ4v) is 5.92. The van der Waals surface area contributed by atoms with Crippen LogP contribution >= 0.6 is 0 Å². The predicted molar refractivity (Wildman–Crippen MR) is 153 cm³/mol. The topological polar surface area (TPSA) is 104 Å². The summed E-state index contributed by atoms with van der Waals surface area (Å²) in [6.45, 7) is 3.19. The summed E-state index contributed by atoms with van der Waals surface area (Å²) in [5, 5.41) is 17.5. The molecule has 3 N–H and O–H groups in total. The second-order valence-corrected chi connectivity index (χ2v) is 11.0. The molecule has 2 saturated heterocycles. The number of rotatable bonds is 10. The van der Waals surface area contributed by atoms with Crippen LogP contribution in [-0.4, -0.2) is 70.2 Å². The fourth-order valence-electron chi connectivity index (χ4n) is 5.92. The third-order valence-electron chi connectivity index (χ3n) is 8.05. The third-order valence-corrected chi connectivity index (χ3v) is 8.05. The number of carbonyl (C=O) groups excluding carboxylic acids is 2. The van der Waals surface area contributed by atoms with Crippen LogP contribution < -0.4 is 15.4 Å². The Morgan fingerprint density at radius 1 is 1.12 bits per heavy atom. The monoisotopic (exact) mass is 578 g/mol. The van der Waals surface area contributed by atoms with Crippen molar-refractivity contribution in [3.8, 4) is 5.75 Å². The first-order chi connectivity index (χ1) is 20.3. The first kappa shape index (κ1) is 29.6. The minimum Gasteiger partial charge on any atom is -0.489 e. The molecule has 3 heterocycles. The molecule has 0 spiro atoms. The summed E-state index contributed by atoms with van der Waals surface area (Å²) in [6.07, 6.45) is 4.65. The molecule has 2 aliphatic heterocycles. The summed E-state index contributed by atoms with van der Waals surface area (Å²) in [5.41, 5.74) is 0.750. The number of amides is 2. The number of aliphatic hydroxyl groups excluding tert-OH is 1. The molecule has 5 rings (SSSR count). The lowest BCUT2D eigenvalue weighted by molar-refractivity contribution is 0.0719. The fraction of sp³-hybridized carbons (Fsp3) is 0.406. The Morgan fingerprint density at radius 2 is 1.86 bits per heavy atom. The van der Waals surface area contributed by atoms with E-state index in [0.29, 0.717) is 30.8 Å². The van der Waals surface area contributed by atoms with Crippen molar-refractivity contribution in [3.05, 3.63) is 95.3 Å². The minimum atomic E-state index is -1.11. The molecule has 10 heteroatoms. The number of hydrogen-bond donors (Lipinski definition) is 3. The van der Waals surface area contributed by atoms with Gasteiger partial charge in [0, 0.05) is 50.1 Å². The molecule has 0 saturated carbocycles. The molecule has 0 aliphatic carbocycles. The molecular weight excluding hydrogens is 542 g/mol. The number of hydrogen-bond acceptors (Lipinski definition) is 6. The van der Waals surface area contributed by atoms with Crippen molar-refractivity contribution in [2.75, 3.05) is 13.1 Å². The zero-order chi connectivity index (χ0) is 29.6. The van der Waals surface area contributed by atoms with E-state index in [4.69, 9.17) is 4.74 Å². The second-order valence-electron chi connectivity index (χ2n) is 11.0. The van der Waals surface area contributed by atoms with Gasteiger partial charge in [-0.05, 0) is 61.6 Å². The third kappa shape index (κ3) is 7.11. The van der Waals surface area contributed by atoms with E-state index in [-0.39, 0.29) is 35.6 Å². The van der Waals surface area contributed by atoms with E-state index in [1.165, 1.54) is 30.6 Å². The van der Waals surface area contributed by atoms with Crippen LogP contribution in [0.4, 0.5) is 8.78 Å². The van der Waals surface area contributed by atoms with Crippen LogP contribution in [0.1, 0.15) is 58.9 Å². The standard InChI is InChI=1S/C32H36F2N4O4/c1-2-25-7-6-10-38(25)32(41)22-14-21(17-35-18-22)31(40)37-29(13-20-11-23(33)15-24(34)12-20)30(39)28-16-27(19-36-28)42-26-8-4-3-5-9-26/h3-5,8-9,11-12,14-15,17-18,25,27-30,36,39H,2,6-7,10,13,16,19H2,1H3,(H,37,40)/t25-,27+,28+,29-,30+/m0/s1. The average molecular weight is 579 g/mol. The summed E-state index contributed by atoms with van der Waals surface area (Å²) in [7, 11) is 0. The number of nitrogens with one attached hydrogen (secondary N) is 2. The maximum atomic E-state index is 14.0. The maximum absolute atomic E-state index is 14.0. The molecule has 5 atom stereocenters. The predicted octanol–water partition coefficient (Wildman–Crippen LogP) is 3.89. The smallest absolute Gasteiger partial charge is 0.255 e. The first-order valence-corrected chi connectivity index (χ1v) is 14.5. The van der Waals surface area contributed by atoms with E-state index < -0.39 is 35.7 Å². The Bertz CT molecular complexity index is 1370. The molecule has 2 aliphatic rings. The number of likely N-dealkylation sites (tertiary alicyclic amines) is 1. The van der Waals surface area contributed by atoms with Gasteiger partial charge >= 0.3 is 0 Å². The zero-order valence-corrected chi connectivity index (χ0v) is 23.5. The Kier molecular flexibility index (Phi) is 9.44. The molecule has 2 fully saturated rings. The highest BCUT2D eigenvalue weighted by Gasteiger charge is 2.36. The Balaban J connectivity index is 1.32. The lowest BCUT2D eigenvalue weighted by Crippen LogP contribution is -2.52. The number of ether oxygens (including phenoxy) is 1. The van der Waals surface area contributed by atoms with Crippen LogP contribution in [0.2, 0.25) is 0 Å². The van der Waals surface area contributed by atoms with Crippen LogP contribution in [0, 0.1) is 11.6 Å². The highest BCUT2D eigenvalue weighted by molar-refractivity contribution is 5.99. The highest BCUT2D eigenvalue weighted by Crippen LogP contribution is 2.24. The van der Waals surface area contributed by atoms with Gasteiger partial charge in [0.1, 0.15) is 23.5 Å². The number of nitrogens with zero attached hydrogens (tertiary/aromatic N) is 2. The van der Waals surface area contributed by atoms with E-state index in [2.05, 4.69) is 15.6 Å². The van der Waals surface area contributed by atoms with Gasteiger partial charge in [-0.2, -0.15) is 0 Å². The summed E-state index contributed by atoms with van der Waals surface area (Å²) in [5.74, 6) is -1.51. The molecule has 0 unspecified atom stereocenters. The quantitative estimate of drug-likeness (QED) is 0.338. The number of para-hydroxylation sites is 1. The van der Waals surface area contributed by atoms with Crippen molar-refractivity contribution in [1.29, 1.82) is 0 Å². The number of benzene rings is 2. The molecule has 8 nitrogen and oxygen atoms in total. The summed E-state index contributed by atoms with van der Waals surface area (Å²) < 4.78 is 34.0. The van der Waals surface area contributed by atoms with Gasteiger partial charge in [0.15, 0.2) is 0 Å². The summed E-state index contributed by atoms with van der Waals surface area (Å²) >= 11 is 0. The van der Waals surface area contributed by atoms with E-state index >= 15 is 0 Å². The SMILES string of the molecule is CC[C@H]1CCCN1C(=O)c1cncc(C(=O)N[C@@H](Cc2cc(F)cc(F)c2)[C@H](O)[C@H]2C[C@@H](Oc3ccccc3)CN2)c1. The molecule has 3 aromatic rings. The number of carbonyl (C=O) groups is 2. The highest BCUT2D eigenvalue weighted by atomic mass is 19.1. The van der Waals surface area contributed by atoms with Crippen molar-refractivity contribution < 1.29 is 28.2 Å². The van der Waals surface area contributed by atoms with Crippen molar-refractivity contribution in [1.82, 2.24) is 20.5 Å². The van der Waals surface area contributed by atoms with Crippen LogP contribution in [0.3, 0.4) is 0 Å². The van der Waals surface area contributed by atoms with Crippen LogP contribution in [0.5, 0.6) is 5.75 Å². The molecule has 222 valence electrons. The van der Waals surface area contributed by atoms with E-state index in [1.54, 1.807) is 0 Å². The van der Waals surface area contributed by atoms with Gasteiger partial charge in [0.2, 0.25) is 0 Å². The molecule has 0 radical (unpaired) electrons.